The Bertz CT molecular complexity index is 801. The van der Waals surface area contributed by atoms with E-state index < -0.39 is 0 Å². The Morgan fingerprint density at radius 3 is 2.58 bits per heavy atom. The molecular formula is C20H22N2O2. The first-order chi connectivity index (χ1) is 11.7. The van der Waals surface area contributed by atoms with Gasteiger partial charge in [0.2, 0.25) is 0 Å². The lowest BCUT2D eigenvalue weighted by atomic mass is 10.2. The second-order valence-corrected chi connectivity index (χ2v) is 5.76. The van der Waals surface area contributed by atoms with Crippen molar-refractivity contribution in [2.75, 3.05) is 18.4 Å². The minimum absolute atomic E-state index is 0.230. The molecule has 1 aromatic heterocycles. The molecule has 3 rings (SSSR count). The maximum absolute atomic E-state index is 12.4. The predicted octanol–water partition coefficient (Wildman–Crippen LogP) is 4.53. The number of amides is 1. The fraction of sp³-hybridized carbons (Fsp3) is 0.250. The fourth-order valence-corrected chi connectivity index (χ4v) is 2.74. The quantitative estimate of drug-likeness (QED) is 0.725. The van der Waals surface area contributed by atoms with E-state index in [2.05, 4.69) is 30.1 Å². The lowest BCUT2D eigenvalue weighted by Gasteiger charge is -2.18. The summed E-state index contributed by atoms with van der Waals surface area (Å²) in [7, 11) is 0. The Balaban J connectivity index is 1.74. The Kier molecular flexibility index (Phi) is 4.96. The second-order valence-electron chi connectivity index (χ2n) is 5.76. The van der Waals surface area contributed by atoms with Crippen LogP contribution in [0.4, 0.5) is 5.69 Å². The van der Waals surface area contributed by atoms with Crippen LogP contribution in [0.15, 0.2) is 59.0 Å². The number of benzene rings is 2. The van der Waals surface area contributed by atoms with E-state index in [1.807, 2.05) is 42.5 Å². The number of fused-ring (bicyclic) bond motifs is 1. The summed E-state index contributed by atoms with van der Waals surface area (Å²) >= 11 is 0. The van der Waals surface area contributed by atoms with E-state index in [4.69, 9.17) is 4.42 Å². The number of carbonyl (C=O) groups is 1. The van der Waals surface area contributed by atoms with E-state index in [9.17, 15) is 4.79 Å². The molecule has 0 bridgehead atoms. The van der Waals surface area contributed by atoms with Crippen molar-refractivity contribution in [3.8, 4) is 0 Å². The molecule has 4 nitrogen and oxygen atoms in total. The maximum atomic E-state index is 12.4. The summed E-state index contributed by atoms with van der Waals surface area (Å²) in [6.45, 7) is 7.19. The van der Waals surface area contributed by atoms with Gasteiger partial charge in [0.05, 0.1) is 0 Å². The first kappa shape index (κ1) is 16.3. The third-order valence-electron chi connectivity index (χ3n) is 4.13. The summed E-state index contributed by atoms with van der Waals surface area (Å²) in [5.74, 6) is 0.0940. The van der Waals surface area contributed by atoms with Crippen LogP contribution in [-0.2, 0) is 6.54 Å². The van der Waals surface area contributed by atoms with Crippen molar-refractivity contribution in [1.29, 1.82) is 0 Å². The number of furan rings is 1. The second kappa shape index (κ2) is 7.32. The molecule has 2 aromatic carbocycles. The number of nitrogens with zero attached hydrogens (tertiary/aromatic N) is 1. The van der Waals surface area contributed by atoms with Gasteiger partial charge in [0.15, 0.2) is 5.76 Å². The normalized spacial score (nSPS) is 11.1. The van der Waals surface area contributed by atoms with Gasteiger partial charge in [-0.25, -0.2) is 0 Å². The van der Waals surface area contributed by atoms with Crippen molar-refractivity contribution >= 4 is 22.6 Å². The van der Waals surface area contributed by atoms with Crippen LogP contribution in [0.25, 0.3) is 11.0 Å². The van der Waals surface area contributed by atoms with Crippen molar-refractivity contribution in [3.05, 3.63) is 65.9 Å². The molecule has 0 saturated carbocycles. The van der Waals surface area contributed by atoms with Crippen LogP contribution < -0.4 is 5.32 Å². The van der Waals surface area contributed by atoms with Gasteiger partial charge in [-0.1, -0.05) is 44.2 Å². The van der Waals surface area contributed by atoms with E-state index in [0.29, 0.717) is 5.76 Å². The van der Waals surface area contributed by atoms with Crippen LogP contribution in [0, 0.1) is 0 Å². The zero-order valence-electron chi connectivity index (χ0n) is 14.1. The standard InChI is InChI=1S/C20H22N2O2/c1-3-22(4-2)14-15-8-7-10-17(12-15)21-20(23)19-13-16-9-5-6-11-18(16)24-19/h5-13H,3-4,14H2,1-2H3,(H,21,23). The van der Waals surface area contributed by atoms with Crippen LogP contribution in [0.1, 0.15) is 30.0 Å². The molecule has 124 valence electrons. The predicted molar refractivity (Wildman–Crippen MR) is 97.2 cm³/mol. The van der Waals surface area contributed by atoms with E-state index in [1.54, 1.807) is 6.07 Å². The molecule has 0 atom stereocenters. The summed E-state index contributed by atoms with van der Waals surface area (Å²) in [4.78, 5) is 14.7. The summed E-state index contributed by atoms with van der Waals surface area (Å²) in [6.07, 6.45) is 0. The molecule has 3 aromatic rings. The number of anilines is 1. The molecule has 0 unspecified atom stereocenters. The van der Waals surface area contributed by atoms with Gasteiger partial charge in [0, 0.05) is 17.6 Å². The number of para-hydroxylation sites is 1. The molecule has 0 radical (unpaired) electrons. The molecule has 4 heteroatoms. The van der Waals surface area contributed by atoms with E-state index >= 15 is 0 Å². The number of nitrogens with one attached hydrogen (secondary N) is 1. The molecule has 0 aliphatic heterocycles. The lowest BCUT2D eigenvalue weighted by Crippen LogP contribution is -2.22. The van der Waals surface area contributed by atoms with Gasteiger partial charge in [-0.05, 0) is 42.9 Å². The zero-order chi connectivity index (χ0) is 16.9. The Morgan fingerprint density at radius 1 is 1.04 bits per heavy atom. The highest BCUT2D eigenvalue weighted by Crippen LogP contribution is 2.20. The largest absolute Gasteiger partial charge is 0.451 e. The van der Waals surface area contributed by atoms with E-state index in [1.165, 1.54) is 5.56 Å². The molecule has 0 aliphatic carbocycles. The van der Waals surface area contributed by atoms with Crippen LogP contribution in [0.3, 0.4) is 0 Å². The Labute approximate surface area is 142 Å². The molecule has 1 N–H and O–H groups in total. The third-order valence-corrected chi connectivity index (χ3v) is 4.13. The first-order valence-corrected chi connectivity index (χ1v) is 8.30. The topological polar surface area (TPSA) is 45.5 Å². The number of hydrogen-bond acceptors (Lipinski definition) is 3. The zero-order valence-corrected chi connectivity index (χ0v) is 14.1. The van der Waals surface area contributed by atoms with Crippen molar-refractivity contribution in [2.45, 2.75) is 20.4 Å². The van der Waals surface area contributed by atoms with E-state index in [-0.39, 0.29) is 5.91 Å². The summed E-state index contributed by atoms with van der Waals surface area (Å²) in [5.41, 5.74) is 2.68. The van der Waals surface area contributed by atoms with Gasteiger partial charge in [-0.3, -0.25) is 9.69 Å². The Morgan fingerprint density at radius 2 is 1.83 bits per heavy atom. The number of carbonyl (C=O) groups excluding carboxylic acids is 1. The van der Waals surface area contributed by atoms with Gasteiger partial charge in [0.1, 0.15) is 5.58 Å². The summed E-state index contributed by atoms with van der Waals surface area (Å²) in [5, 5.41) is 3.85. The highest BCUT2D eigenvalue weighted by molar-refractivity contribution is 6.04. The minimum Gasteiger partial charge on any atom is -0.451 e. The van der Waals surface area contributed by atoms with E-state index in [0.717, 1.165) is 36.3 Å². The molecular weight excluding hydrogens is 300 g/mol. The first-order valence-electron chi connectivity index (χ1n) is 8.30. The smallest absolute Gasteiger partial charge is 0.291 e. The molecule has 1 heterocycles. The molecule has 0 fully saturated rings. The fourth-order valence-electron chi connectivity index (χ4n) is 2.74. The highest BCUT2D eigenvalue weighted by atomic mass is 16.3. The molecule has 0 saturated heterocycles. The van der Waals surface area contributed by atoms with Crippen LogP contribution >= 0.6 is 0 Å². The monoisotopic (exact) mass is 322 g/mol. The molecule has 1 amide bonds. The van der Waals surface area contributed by atoms with Gasteiger partial charge in [-0.15, -0.1) is 0 Å². The average molecular weight is 322 g/mol. The van der Waals surface area contributed by atoms with Gasteiger partial charge in [0.25, 0.3) is 5.91 Å². The van der Waals surface area contributed by atoms with Crippen molar-refractivity contribution < 1.29 is 9.21 Å². The van der Waals surface area contributed by atoms with Crippen LogP contribution in [0.5, 0.6) is 0 Å². The highest BCUT2D eigenvalue weighted by Gasteiger charge is 2.12. The van der Waals surface area contributed by atoms with Crippen LogP contribution in [-0.4, -0.2) is 23.9 Å². The average Bonchev–Trinajstić information content (AvgIpc) is 3.04. The number of hydrogen-bond donors (Lipinski definition) is 1. The Hall–Kier alpha value is -2.59. The van der Waals surface area contributed by atoms with Gasteiger partial charge in [-0.2, -0.15) is 0 Å². The lowest BCUT2D eigenvalue weighted by molar-refractivity contribution is 0.0998. The molecule has 0 aliphatic rings. The van der Waals surface area contributed by atoms with Crippen molar-refractivity contribution in [3.63, 3.8) is 0 Å². The van der Waals surface area contributed by atoms with Gasteiger partial charge >= 0.3 is 0 Å². The summed E-state index contributed by atoms with van der Waals surface area (Å²) in [6, 6.07) is 17.3. The molecule has 24 heavy (non-hydrogen) atoms. The van der Waals surface area contributed by atoms with Crippen LogP contribution in [0.2, 0.25) is 0 Å². The van der Waals surface area contributed by atoms with Crippen molar-refractivity contribution in [1.82, 2.24) is 4.90 Å². The summed E-state index contributed by atoms with van der Waals surface area (Å²) < 4.78 is 5.61. The third kappa shape index (κ3) is 3.66. The minimum atomic E-state index is -0.230. The SMILES string of the molecule is CCN(CC)Cc1cccc(NC(=O)c2cc3ccccc3o2)c1. The molecule has 0 spiro atoms. The number of rotatable bonds is 6. The maximum Gasteiger partial charge on any atom is 0.291 e. The van der Waals surface area contributed by atoms with Gasteiger partial charge < -0.3 is 9.73 Å². The van der Waals surface area contributed by atoms with Crippen molar-refractivity contribution in [2.24, 2.45) is 0 Å².